The zero-order valence-electron chi connectivity index (χ0n) is 19.1. The van der Waals surface area contributed by atoms with Gasteiger partial charge < -0.3 is 0 Å². The van der Waals surface area contributed by atoms with Crippen molar-refractivity contribution in [3.8, 4) is 0 Å². The SMILES string of the molecule is CSc1ccc(/C=N\NC(=O)CN(c2cccc(C)c2C)S(=O)(=O)c2ccc(C)cc2)cc1. The Kier molecular flexibility index (Phi) is 7.94. The van der Waals surface area contributed by atoms with Crippen LogP contribution in [0.25, 0.3) is 0 Å². The van der Waals surface area contributed by atoms with Crippen molar-refractivity contribution in [2.45, 2.75) is 30.6 Å². The lowest BCUT2D eigenvalue weighted by Gasteiger charge is -2.26. The van der Waals surface area contributed by atoms with Crippen molar-refractivity contribution in [2.24, 2.45) is 5.10 Å². The van der Waals surface area contributed by atoms with Gasteiger partial charge in [0, 0.05) is 4.90 Å². The van der Waals surface area contributed by atoms with E-state index >= 15 is 0 Å². The highest BCUT2D eigenvalue weighted by Crippen LogP contribution is 2.28. The molecule has 8 heteroatoms. The zero-order chi connectivity index (χ0) is 24.0. The maximum Gasteiger partial charge on any atom is 0.264 e. The fourth-order valence-corrected chi connectivity index (χ4v) is 5.06. The van der Waals surface area contributed by atoms with Crippen LogP contribution in [0.3, 0.4) is 0 Å². The Morgan fingerprint density at radius 3 is 2.30 bits per heavy atom. The van der Waals surface area contributed by atoms with E-state index in [9.17, 15) is 13.2 Å². The molecule has 0 spiro atoms. The molecule has 0 saturated carbocycles. The molecule has 172 valence electrons. The molecule has 0 aliphatic rings. The molecule has 0 bridgehead atoms. The third kappa shape index (κ3) is 6.03. The maximum atomic E-state index is 13.5. The molecule has 1 amide bonds. The molecule has 3 aromatic rings. The Labute approximate surface area is 199 Å². The lowest BCUT2D eigenvalue weighted by Crippen LogP contribution is -2.40. The number of thioether (sulfide) groups is 1. The van der Waals surface area contributed by atoms with Crippen LogP contribution in [-0.4, -0.2) is 33.3 Å². The number of hydrazone groups is 1. The molecule has 1 N–H and O–H groups in total. The molecule has 3 aromatic carbocycles. The number of carbonyl (C=O) groups excluding carboxylic acids is 1. The molecule has 3 rings (SSSR count). The van der Waals surface area contributed by atoms with Crippen LogP contribution in [0, 0.1) is 20.8 Å². The fourth-order valence-electron chi connectivity index (χ4n) is 3.18. The first-order valence-corrected chi connectivity index (χ1v) is 13.0. The van der Waals surface area contributed by atoms with Gasteiger partial charge in [0.05, 0.1) is 16.8 Å². The van der Waals surface area contributed by atoms with Crippen molar-refractivity contribution >= 4 is 39.6 Å². The summed E-state index contributed by atoms with van der Waals surface area (Å²) in [5.41, 5.74) is 6.41. The van der Waals surface area contributed by atoms with Gasteiger partial charge >= 0.3 is 0 Å². The number of benzene rings is 3. The van der Waals surface area contributed by atoms with Crippen molar-refractivity contribution in [1.29, 1.82) is 0 Å². The summed E-state index contributed by atoms with van der Waals surface area (Å²) in [7, 11) is -3.97. The van der Waals surface area contributed by atoms with Crippen molar-refractivity contribution in [3.63, 3.8) is 0 Å². The molecule has 0 heterocycles. The summed E-state index contributed by atoms with van der Waals surface area (Å²) in [4.78, 5) is 14.0. The molecule has 33 heavy (non-hydrogen) atoms. The Balaban J connectivity index is 1.86. The molecule has 0 aromatic heterocycles. The Morgan fingerprint density at radius 2 is 1.67 bits per heavy atom. The third-order valence-corrected chi connectivity index (χ3v) is 7.78. The molecule has 6 nitrogen and oxygen atoms in total. The van der Waals surface area contributed by atoms with Crippen LogP contribution in [-0.2, 0) is 14.8 Å². The number of carbonyl (C=O) groups is 1. The summed E-state index contributed by atoms with van der Waals surface area (Å²) < 4.78 is 28.1. The van der Waals surface area contributed by atoms with Gasteiger partial charge in [0.1, 0.15) is 6.54 Å². The lowest BCUT2D eigenvalue weighted by molar-refractivity contribution is -0.119. The topological polar surface area (TPSA) is 78.8 Å². The van der Waals surface area contributed by atoms with Crippen LogP contribution in [0.5, 0.6) is 0 Å². The van der Waals surface area contributed by atoms with E-state index in [0.29, 0.717) is 5.69 Å². The summed E-state index contributed by atoms with van der Waals surface area (Å²) in [6, 6.07) is 19.7. The highest BCUT2D eigenvalue weighted by atomic mass is 32.2. The van der Waals surface area contributed by atoms with E-state index in [1.54, 1.807) is 48.2 Å². The van der Waals surface area contributed by atoms with E-state index in [4.69, 9.17) is 0 Å². The predicted octanol–water partition coefficient (Wildman–Crippen LogP) is 4.68. The summed E-state index contributed by atoms with van der Waals surface area (Å²) in [6.07, 6.45) is 3.52. The standard InChI is InChI=1S/C25H27N3O3S2/c1-18-8-14-23(15-9-18)33(30,31)28(24-7-5-6-19(2)20(24)3)17-25(29)27-26-16-21-10-12-22(32-4)13-11-21/h5-16H,17H2,1-4H3,(H,27,29)/b26-16-. The second-order valence-electron chi connectivity index (χ2n) is 7.61. The summed E-state index contributed by atoms with van der Waals surface area (Å²) in [5.74, 6) is -0.538. The van der Waals surface area contributed by atoms with E-state index in [1.165, 1.54) is 6.21 Å². The number of aryl methyl sites for hydroxylation is 2. The monoisotopic (exact) mass is 481 g/mol. The number of sulfonamides is 1. The third-order valence-electron chi connectivity index (χ3n) is 5.26. The Hall–Kier alpha value is -3.10. The van der Waals surface area contributed by atoms with Crippen LogP contribution in [0.15, 0.2) is 81.6 Å². The molecule has 0 fully saturated rings. The number of anilines is 1. The van der Waals surface area contributed by atoms with E-state index in [-0.39, 0.29) is 4.90 Å². The first-order chi connectivity index (χ1) is 15.7. The summed E-state index contributed by atoms with van der Waals surface area (Å²) in [6.45, 7) is 5.24. The zero-order valence-corrected chi connectivity index (χ0v) is 20.7. The Morgan fingerprint density at radius 1 is 1.00 bits per heavy atom. The molecule has 0 radical (unpaired) electrons. The second kappa shape index (κ2) is 10.7. The predicted molar refractivity (Wildman–Crippen MR) is 136 cm³/mol. The minimum atomic E-state index is -3.97. The quantitative estimate of drug-likeness (QED) is 0.288. The number of amides is 1. The molecular weight excluding hydrogens is 454 g/mol. The number of hydrogen-bond donors (Lipinski definition) is 1. The van der Waals surface area contributed by atoms with Gasteiger partial charge in [-0.25, -0.2) is 13.8 Å². The van der Waals surface area contributed by atoms with E-state index < -0.39 is 22.5 Å². The van der Waals surface area contributed by atoms with Gasteiger partial charge in [-0.3, -0.25) is 9.10 Å². The minimum absolute atomic E-state index is 0.124. The van der Waals surface area contributed by atoms with Crippen molar-refractivity contribution in [3.05, 3.63) is 89.0 Å². The summed E-state index contributed by atoms with van der Waals surface area (Å²) in [5, 5.41) is 4.00. The van der Waals surface area contributed by atoms with Gasteiger partial charge in [0.15, 0.2) is 0 Å². The van der Waals surface area contributed by atoms with Crippen LogP contribution in [0.4, 0.5) is 5.69 Å². The molecule has 0 saturated heterocycles. The molecule has 0 unspecified atom stereocenters. The Bertz CT molecular complexity index is 1250. The lowest BCUT2D eigenvalue weighted by atomic mass is 10.1. The van der Waals surface area contributed by atoms with Gasteiger partial charge in [-0.15, -0.1) is 11.8 Å². The highest BCUT2D eigenvalue weighted by Gasteiger charge is 2.28. The van der Waals surface area contributed by atoms with E-state index in [2.05, 4.69) is 10.5 Å². The van der Waals surface area contributed by atoms with Gasteiger partial charge in [0.2, 0.25) is 0 Å². The van der Waals surface area contributed by atoms with Gasteiger partial charge in [-0.1, -0.05) is 42.0 Å². The average Bonchev–Trinajstić information content (AvgIpc) is 2.80. The van der Waals surface area contributed by atoms with Crippen LogP contribution >= 0.6 is 11.8 Å². The molecule has 0 aliphatic heterocycles. The molecule has 0 atom stereocenters. The minimum Gasteiger partial charge on any atom is -0.271 e. The van der Waals surface area contributed by atoms with Gasteiger partial charge in [-0.05, 0) is 74.0 Å². The first-order valence-electron chi connectivity index (χ1n) is 10.3. The number of rotatable bonds is 8. The number of hydrogen-bond acceptors (Lipinski definition) is 5. The van der Waals surface area contributed by atoms with E-state index in [0.717, 1.165) is 31.5 Å². The maximum absolute atomic E-state index is 13.5. The van der Waals surface area contributed by atoms with E-state index in [1.807, 2.05) is 57.4 Å². The first kappa shape index (κ1) is 24.5. The molecular formula is C25H27N3O3S2. The normalized spacial score (nSPS) is 11.5. The van der Waals surface area contributed by atoms with Crippen LogP contribution in [0.1, 0.15) is 22.3 Å². The smallest absolute Gasteiger partial charge is 0.264 e. The van der Waals surface area contributed by atoms with Crippen LogP contribution < -0.4 is 9.73 Å². The fraction of sp³-hybridized carbons (Fsp3) is 0.200. The molecule has 0 aliphatic carbocycles. The van der Waals surface area contributed by atoms with Crippen LogP contribution in [0.2, 0.25) is 0 Å². The number of nitrogens with one attached hydrogen (secondary N) is 1. The second-order valence-corrected chi connectivity index (χ2v) is 10.4. The van der Waals surface area contributed by atoms with Crippen molar-refractivity contribution < 1.29 is 13.2 Å². The number of nitrogens with zero attached hydrogens (tertiary/aromatic N) is 2. The van der Waals surface area contributed by atoms with Crippen molar-refractivity contribution in [2.75, 3.05) is 17.1 Å². The van der Waals surface area contributed by atoms with Gasteiger partial charge in [-0.2, -0.15) is 5.10 Å². The largest absolute Gasteiger partial charge is 0.271 e. The van der Waals surface area contributed by atoms with Gasteiger partial charge in [0.25, 0.3) is 15.9 Å². The summed E-state index contributed by atoms with van der Waals surface area (Å²) >= 11 is 1.64. The van der Waals surface area contributed by atoms with Crippen molar-refractivity contribution in [1.82, 2.24) is 5.43 Å². The average molecular weight is 482 g/mol. The highest BCUT2D eigenvalue weighted by molar-refractivity contribution is 7.98.